The Labute approximate surface area is 141 Å². The van der Waals surface area contributed by atoms with Crippen molar-refractivity contribution in [1.82, 2.24) is 14.8 Å². The first-order valence-corrected chi connectivity index (χ1v) is 8.06. The Bertz CT molecular complexity index is 768. The smallest absolute Gasteiger partial charge is 0.225 e. The van der Waals surface area contributed by atoms with Crippen molar-refractivity contribution in [3.63, 3.8) is 0 Å². The number of nitrogens with zero attached hydrogens (tertiary/aromatic N) is 3. The second kappa shape index (κ2) is 8.06. The molecule has 2 aromatic heterocycles. The number of rotatable bonds is 7. The Hall–Kier alpha value is -2.95. The van der Waals surface area contributed by atoms with E-state index in [1.165, 1.54) is 5.56 Å². The maximum absolute atomic E-state index is 12.0. The summed E-state index contributed by atoms with van der Waals surface area (Å²) in [4.78, 5) is 16.0. The van der Waals surface area contributed by atoms with E-state index >= 15 is 0 Å². The highest BCUT2D eigenvalue weighted by molar-refractivity contribution is 5.89. The second-order valence-corrected chi connectivity index (χ2v) is 5.60. The van der Waals surface area contributed by atoms with Gasteiger partial charge in [0.2, 0.25) is 5.91 Å². The Kier molecular flexibility index (Phi) is 5.35. The van der Waals surface area contributed by atoms with Crippen molar-refractivity contribution in [3.8, 4) is 0 Å². The van der Waals surface area contributed by atoms with E-state index in [1.54, 1.807) is 12.4 Å². The first-order chi connectivity index (χ1) is 11.8. The molecule has 0 aliphatic heterocycles. The number of pyridine rings is 1. The first-order valence-electron chi connectivity index (χ1n) is 8.06. The van der Waals surface area contributed by atoms with Crippen molar-refractivity contribution >= 4 is 11.7 Å². The molecule has 1 N–H and O–H groups in total. The number of carbonyl (C=O) groups excluding carboxylic acids is 1. The van der Waals surface area contributed by atoms with Gasteiger partial charge in [-0.2, -0.15) is 5.10 Å². The van der Waals surface area contributed by atoms with Crippen LogP contribution >= 0.6 is 0 Å². The molecule has 0 bridgehead atoms. The van der Waals surface area contributed by atoms with Crippen LogP contribution in [0.4, 0.5) is 5.82 Å². The molecular weight excluding hydrogens is 300 g/mol. The van der Waals surface area contributed by atoms with Gasteiger partial charge in [0.15, 0.2) is 5.82 Å². The van der Waals surface area contributed by atoms with Crippen LogP contribution in [0.5, 0.6) is 0 Å². The van der Waals surface area contributed by atoms with Gasteiger partial charge in [0.25, 0.3) is 0 Å². The SMILES string of the molecule is O=C(CCc1ccccc1)Nc1ccn(CCc2ccncc2)n1. The fourth-order valence-electron chi connectivity index (χ4n) is 2.45. The molecule has 3 rings (SSSR count). The van der Waals surface area contributed by atoms with Gasteiger partial charge in [-0.15, -0.1) is 0 Å². The molecule has 0 spiro atoms. The van der Waals surface area contributed by atoms with Crippen molar-refractivity contribution in [1.29, 1.82) is 0 Å². The van der Waals surface area contributed by atoms with Crippen molar-refractivity contribution in [3.05, 3.63) is 78.2 Å². The topological polar surface area (TPSA) is 59.8 Å². The summed E-state index contributed by atoms with van der Waals surface area (Å²) in [5, 5.41) is 7.24. The van der Waals surface area contributed by atoms with Gasteiger partial charge >= 0.3 is 0 Å². The summed E-state index contributed by atoms with van der Waals surface area (Å²) in [5.41, 5.74) is 2.38. The van der Waals surface area contributed by atoms with Crippen LogP contribution in [-0.2, 0) is 24.2 Å². The molecule has 122 valence electrons. The standard InChI is InChI=1S/C19H20N4O/c24-19(7-6-16-4-2-1-3-5-16)21-18-11-15-23(22-18)14-10-17-8-12-20-13-9-17/h1-5,8-9,11-13,15H,6-7,10,14H2,(H,21,22,24). The number of hydrogen-bond acceptors (Lipinski definition) is 3. The van der Waals surface area contributed by atoms with Gasteiger partial charge in [0.05, 0.1) is 0 Å². The molecule has 0 atom stereocenters. The molecule has 0 fully saturated rings. The van der Waals surface area contributed by atoms with Crippen LogP contribution in [0.2, 0.25) is 0 Å². The zero-order chi connectivity index (χ0) is 16.6. The first kappa shape index (κ1) is 15.9. The molecule has 0 radical (unpaired) electrons. The van der Waals surface area contributed by atoms with E-state index in [2.05, 4.69) is 15.4 Å². The van der Waals surface area contributed by atoms with Crippen LogP contribution in [-0.4, -0.2) is 20.7 Å². The summed E-state index contributed by atoms with van der Waals surface area (Å²) in [6.45, 7) is 0.768. The molecule has 0 aliphatic carbocycles. The number of aryl methyl sites for hydroxylation is 3. The van der Waals surface area contributed by atoms with Gasteiger partial charge < -0.3 is 5.32 Å². The Balaban J connectivity index is 1.46. The van der Waals surface area contributed by atoms with Crippen LogP contribution in [0.1, 0.15) is 17.5 Å². The summed E-state index contributed by atoms with van der Waals surface area (Å²) in [7, 11) is 0. The normalized spacial score (nSPS) is 10.5. The van der Waals surface area contributed by atoms with E-state index in [9.17, 15) is 4.79 Å². The highest BCUT2D eigenvalue weighted by atomic mass is 16.1. The number of nitrogens with one attached hydrogen (secondary N) is 1. The zero-order valence-electron chi connectivity index (χ0n) is 13.4. The maximum atomic E-state index is 12.0. The minimum Gasteiger partial charge on any atom is -0.309 e. The predicted molar refractivity (Wildman–Crippen MR) is 93.6 cm³/mol. The highest BCUT2D eigenvalue weighted by Gasteiger charge is 2.06. The van der Waals surface area contributed by atoms with E-state index in [-0.39, 0.29) is 5.91 Å². The van der Waals surface area contributed by atoms with E-state index in [0.717, 1.165) is 24.9 Å². The lowest BCUT2D eigenvalue weighted by atomic mass is 10.1. The summed E-state index contributed by atoms with van der Waals surface area (Å²) < 4.78 is 1.84. The van der Waals surface area contributed by atoms with Crippen LogP contribution < -0.4 is 5.32 Å². The number of aromatic nitrogens is 3. The molecule has 1 amide bonds. The lowest BCUT2D eigenvalue weighted by Crippen LogP contribution is -2.13. The molecule has 0 aliphatic rings. The maximum Gasteiger partial charge on any atom is 0.225 e. The van der Waals surface area contributed by atoms with E-state index in [4.69, 9.17) is 0 Å². The van der Waals surface area contributed by atoms with E-state index in [1.807, 2.05) is 59.4 Å². The van der Waals surface area contributed by atoms with Gasteiger partial charge in [0.1, 0.15) is 0 Å². The zero-order valence-corrected chi connectivity index (χ0v) is 13.4. The molecule has 0 unspecified atom stereocenters. The Morgan fingerprint density at radius 2 is 1.71 bits per heavy atom. The monoisotopic (exact) mass is 320 g/mol. The Morgan fingerprint density at radius 1 is 0.958 bits per heavy atom. The van der Waals surface area contributed by atoms with Crippen LogP contribution in [0, 0.1) is 0 Å². The predicted octanol–water partition coefficient (Wildman–Crippen LogP) is 3.09. The van der Waals surface area contributed by atoms with Gasteiger partial charge in [-0.3, -0.25) is 14.5 Å². The van der Waals surface area contributed by atoms with Gasteiger partial charge in [-0.25, -0.2) is 0 Å². The lowest BCUT2D eigenvalue weighted by Gasteiger charge is -2.03. The summed E-state index contributed by atoms with van der Waals surface area (Å²) in [6, 6.07) is 15.8. The van der Waals surface area contributed by atoms with Crippen LogP contribution in [0.15, 0.2) is 67.1 Å². The molecule has 1 aromatic carbocycles. The van der Waals surface area contributed by atoms with Gasteiger partial charge in [-0.05, 0) is 36.1 Å². The molecule has 24 heavy (non-hydrogen) atoms. The number of benzene rings is 1. The number of hydrogen-bond donors (Lipinski definition) is 1. The van der Waals surface area contributed by atoms with E-state index in [0.29, 0.717) is 12.2 Å². The molecular formula is C19H20N4O. The lowest BCUT2D eigenvalue weighted by molar-refractivity contribution is -0.116. The number of anilines is 1. The Morgan fingerprint density at radius 3 is 2.50 bits per heavy atom. The minimum absolute atomic E-state index is 0.0155. The third-order valence-electron chi connectivity index (χ3n) is 3.77. The fourth-order valence-corrected chi connectivity index (χ4v) is 2.45. The highest BCUT2D eigenvalue weighted by Crippen LogP contribution is 2.07. The summed E-state index contributed by atoms with van der Waals surface area (Å²) in [5.74, 6) is 0.584. The van der Waals surface area contributed by atoms with E-state index < -0.39 is 0 Å². The van der Waals surface area contributed by atoms with Gasteiger partial charge in [0, 0.05) is 37.6 Å². The summed E-state index contributed by atoms with van der Waals surface area (Å²) in [6.07, 6.45) is 7.52. The van der Waals surface area contributed by atoms with Crippen LogP contribution in [0.3, 0.4) is 0 Å². The quantitative estimate of drug-likeness (QED) is 0.728. The number of amides is 1. The molecule has 3 aromatic rings. The largest absolute Gasteiger partial charge is 0.309 e. The van der Waals surface area contributed by atoms with Crippen molar-refractivity contribution < 1.29 is 4.79 Å². The molecule has 0 saturated carbocycles. The van der Waals surface area contributed by atoms with Gasteiger partial charge in [-0.1, -0.05) is 30.3 Å². The average Bonchev–Trinajstić information content (AvgIpc) is 3.07. The molecule has 5 nitrogen and oxygen atoms in total. The molecule has 5 heteroatoms. The second-order valence-electron chi connectivity index (χ2n) is 5.60. The van der Waals surface area contributed by atoms with Crippen molar-refractivity contribution in [2.24, 2.45) is 0 Å². The minimum atomic E-state index is -0.0155. The summed E-state index contributed by atoms with van der Waals surface area (Å²) >= 11 is 0. The number of carbonyl (C=O) groups is 1. The molecule has 2 heterocycles. The average molecular weight is 320 g/mol. The fraction of sp³-hybridized carbons (Fsp3) is 0.211. The molecule has 0 saturated heterocycles. The van der Waals surface area contributed by atoms with Crippen molar-refractivity contribution in [2.75, 3.05) is 5.32 Å². The third kappa shape index (κ3) is 4.78. The van der Waals surface area contributed by atoms with Crippen LogP contribution in [0.25, 0.3) is 0 Å². The third-order valence-corrected chi connectivity index (χ3v) is 3.77. The van der Waals surface area contributed by atoms with Crippen molar-refractivity contribution in [2.45, 2.75) is 25.8 Å².